The Morgan fingerprint density at radius 3 is 1.54 bits per heavy atom. The molecule has 5 nitrogen and oxygen atoms in total. The molecule has 5 heteroatoms. The first-order chi connectivity index (χ1) is 12.5. The molecule has 0 saturated carbocycles. The maximum atomic E-state index is 10.6. The molecule has 5 N–H and O–H groups in total. The van der Waals surface area contributed by atoms with Gasteiger partial charge in [-0.3, -0.25) is 0 Å². The highest BCUT2D eigenvalue weighted by Gasteiger charge is 2.10. The van der Waals surface area contributed by atoms with Crippen LogP contribution < -0.4 is 10.6 Å². The van der Waals surface area contributed by atoms with E-state index in [2.05, 4.69) is 10.6 Å². The number of nitrogens with one attached hydrogen (secondary N) is 2. The Balaban J connectivity index is 1.76. The molecular weight excluding hydrogens is 328 g/mol. The van der Waals surface area contributed by atoms with Gasteiger partial charge in [-0.05, 0) is 36.8 Å². The van der Waals surface area contributed by atoms with Crippen molar-refractivity contribution < 1.29 is 15.3 Å². The number of benzene rings is 3. The van der Waals surface area contributed by atoms with Crippen LogP contribution in [-0.4, -0.2) is 15.3 Å². The van der Waals surface area contributed by atoms with Crippen molar-refractivity contribution in [1.29, 1.82) is 0 Å². The number of aromatic hydroxyl groups is 3. The second kappa shape index (κ2) is 7.70. The maximum absolute atomic E-state index is 10.6. The molecular formula is C21H22N2O3. The number of aryl methyl sites for hydroxylation is 1. The lowest BCUT2D eigenvalue weighted by molar-refractivity contribution is 0.467. The summed E-state index contributed by atoms with van der Waals surface area (Å²) >= 11 is 0. The SMILES string of the molecule is Cc1cc(NCc2ccccc2O)c(O)c(NCc2ccccc2O)c1. The van der Waals surface area contributed by atoms with Crippen LogP contribution in [0.4, 0.5) is 11.4 Å². The average molecular weight is 350 g/mol. The van der Waals surface area contributed by atoms with E-state index in [0.717, 1.165) is 16.7 Å². The lowest BCUT2D eigenvalue weighted by Gasteiger charge is -2.15. The zero-order valence-corrected chi connectivity index (χ0v) is 14.5. The Morgan fingerprint density at radius 2 is 1.12 bits per heavy atom. The highest BCUT2D eigenvalue weighted by molar-refractivity contribution is 5.72. The molecule has 0 atom stereocenters. The van der Waals surface area contributed by atoms with Crippen LogP contribution in [0, 0.1) is 6.92 Å². The Labute approximate surface area is 152 Å². The van der Waals surface area contributed by atoms with Gasteiger partial charge in [0.2, 0.25) is 0 Å². The summed E-state index contributed by atoms with van der Waals surface area (Å²) in [5.41, 5.74) is 3.62. The minimum Gasteiger partial charge on any atom is -0.508 e. The van der Waals surface area contributed by atoms with Crippen LogP contribution in [0.25, 0.3) is 0 Å². The van der Waals surface area contributed by atoms with Gasteiger partial charge in [0.1, 0.15) is 11.5 Å². The molecule has 0 aliphatic carbocycles. The van der Waals surface area contributed by atoms with Crippen molar-refractivity contribution in [2.75, 3.05) is 10.6 Å². The summed E-state index contributed by atoms with van der Waals surface area (Å²) in [6.45, 7) is 2.72. The summed E-state index contributed by atoms with van der Waals surface area (Å²) in [6, 6.07) is 17.9. The highest BCUT2D eigenvalue weighted by Crippen LogP contribution is 2.35. The standard InChI is InChI=1S/C21H22N2O3/c1-14-10-17(22-12-15-6-2-4-8-19(15)24)21(26)18(11-14)23-13-16-7-3-5-9-20(16)25/h2-11,22-26H,12-13H2,1H3. The summed E-state index contributed by atoms with van der Waals surface area (Å²) in [4.78, 5) is 0. The molecule has 3 aromatic carbocycles. The van der Waals surface area contributed by atoms with E-state index in [1.54, 1.807) is 24.3 Å². The molecule has 0 heterocycles. The minimum absolute atomic E-state index is 0.0986. The lowest BCUT2D eigenvalue weighted by atomic mass is 10.1. The number of hydrogen-bond acceptors (Lipinski definition) is 5. The van der Waals surface area contributed by atoms with Crippen LogP contribution >= 0.6 is 0 Å². The summed E-state index contributed by atoms with van der Waals surface area (Å²) in [5.74, 6) is 0.525. The first-order valence-electron chi connectivity index (χ1n) is 8.39. The van der Waals surface area contributed by atoms with Crippen molar-refractivity contribution in [3.8, 4) is 17.2 Å². The molecule has 0 spiro atoms. The van der Waals surface area contributed by atoms with E-state index in [-0.39, 0.29) is 17.2 Å². The van der Waals surface area contributed by atoms with E-state index >= 15 is 0 Å². The Kier molecular flexibility index (Phi) is 5.17. The van der Waals surface area contributed by atoms with Gasteiger partial charge in [-0.1, -0.05) is 36.4 Å². The molecule has 26 heavy (non-hydrogen) atoms. The van der Waals surface area contributed by atoms with E-state index in [1.165, 1.54) is 0 Å². The highest BCUT2D eigenvalue weighted by atomic mass is 16.3. The van der Waals surface area contributed by atoms with Crippen molar-refractivity contribution in [3.63, 3.8) is 0 Å². The fourth-order valence-electron chi connectivity index (χ4n) is 2.75. The third-order valence-corrected chi connectivity index (χ3v) is 4.18. The van der Waals surface area contributed by atoms with Crippen LogP contribution in [0.15, 0.2) is 60.7 Å². The monoisotopic (exact) mass is 350 g/mol. The number of rotatable bonds is 6. The van der Waals surface area contributed by atoms with Crippen LogP contribution in [-0.2, 0) is 13.1 Å². The Hall–Kier alpha value is -3.34. The van der Waals surface area contributed by atoms with Crippen LogP contribution in [0.2, 0.25) is 0 Å². The summed E-state index contributed by atoms with van der Waals surface area (Å²) in [7, 11) is 0. The summed E-state index contributed by atoms with van der Waals surface area (Å²) in [6.07, 6.45) is 0. The van der Waals surface area contributed by atoms with E-state index in [0.29, 0.717) is 24.5 Å². The zero-order valence-electron chi connectivity index (χ0n) is 14.5. The largest absolute Gasteiger partial charge is 0.508 e. The predicted molar refractivity (Wildman–Crippen MR) is 104 cm³/mol. The second-order valence-corrected chi connectivity index (χ2v) is 6.17. The molecule has 0 fully saturated rings. The maximum Gasteiger partial charge on any atom is 0.162 e. The van der Waals surface area contributed by atoms with Gasteiger partial charge in [-0.25, -0.2) is 0 Å². The molecule has 0 aromatic heterocycles. The molecule has 0 unspecified atom stereocenters. The first-order valence-corrected chi connectivity index (χ1v) is 8.39. The number of anilines is 2. The predicted octanol–water partition coefficient (Wildman–Crippen LogP) is 4.34. The molecule has 0 radical (unpaired) electrons. The van der Waals surface area contributed by atoms with Gasteiger partial charge < -0.3 is 26.0 Å². The number of hydrogen-bond donors (Lipinski definition) is 5. The zero-order chi connectivity index (χ0) is 18.5. The number of para-hydroxylation sites is 2. The molecule has 0 saturated heterocycles. The van der Waals surface area contributed by atoms with Gasteiger partial charge >= 0.3 is 0 Å². The molecule has 0 aliphatic rings. The number of phenolic OH excluding ortho intramolecular Hbond substituents is 3. The van der Waals surface area contributed by atoms with Gasteiger partial charge in [0.25, 0.3) is 0 Å². The van der Waals surface area contributed by atoms with Gasteiger partial charge in [-0.2, -0.15) is 0 Å². The van der Waals surface area contributed by atoms with E-state index in [1.807, 2.05) is 43.3 Å². The molecule has 3 aromatic rings. The third kappa shape index (κ3) is 4.00. The minimum atomic E-state index is 0.0986. The smallest absolute Gasteiger partial charge is 0.162 e. The van der Waals surface area contributed by atoms with E-state index < -0.39 is 0 Å². The molecule has 0 aliphatic heterocycles. The van der Waals surface area contributed by atoms with Crippen molar-refractivity contribution in [2.24, 2.45) is 0 Å². The number of phenols is 3. The fourth-order valence-corrected chi connectivity index (χ4v) is 2.75. The normalized spacial score (nSPS) is 10.5. The van der Waals surface area contributed by atoms with Crippen molar-refractivity contribution in [1.82, 2.24) is 0 Å². The Morgan fingerprint density at radius 1 is 0.692 bits per heavy atom. The van der Waals surface area contributed by atoms with Gasteiger partial charge in [0, 0.05) is 24.2 Å². The summed E-state index contributed by atoms with van der Waals surface area (Å²) < 4.78 is 0. The van der Waals surface area contributed by atoms with Crippen molar-refractivity contribution in [3.05, 3.63) is 77.4 Å². The molecule has 0 bridgehead atoms. The molecule has 134 valence electrons. The Bertz CT molecular complexity index is 839. The van der Waals surface area contributed by atoms with Gasteiger partial charge in [0.15, 0.2) is 5.75 Å². The molecule has 3 rings (SSSR count). The van der Waals surface area contributed by atoms with Gasteiger partial charge in [-0.15, -0.1) is 0 Å². The summed E-state index contributed by atoms with van der Waals surface area (Å²) in [5, 5.41) is 36.6. The third-order valence-electron chi connectivity index (χ3n) is 4.18. The van der Waals surface area contributed by atoms with Crippen LogP contribution in [0.3, 0.4) is 0 Å². The van der Waals surface area contributed by atoms with Crippen LogP contribution in [0.5, 0.6) is 17.2 Å². The topological polar surface area (TPSA) is 84.8 Å². The second-order valence-electron chi connectivity index (χ2n) is 6.17. The van der Waals surface area contributed by atoms with Crippen LogP contribution in [0.1, 0.15) is 16.7 Å². The van der Waals surface area contributed by atoms with E-state index in [4.69, 9.17) is 0 Å². The van der Waals surface area contributed by atoms with E-state index in [9.17, 15) is 15.3 Å². The molecule has 0 amide bonds. The quantitative estimate of drug-likeness (QED) is 0.427. The van der Waals surface area contributed by atoms with Gasteiger partial charge in [0.05, 0.1) is 11.4 Å². The fraction of sp³-hybridized carbons (Fsp3) is 0.143. The lowest BCUT2D eigenvalue weighted by Crippen LogP contribution is -2.04. The van der Waals surface area contributed by atoms with Crippen molar-refractivity contribution >= 4 is 11.4 Å². The average Bonchev–Trinajstić information content (AvgIpc) is 2.63. The first kappa shape index (κ1) is 17.5. The van der Waals surface area contributed by atoms with Crippen molar-refractivity contribution in [2.45, 2.75) is 20.0 Å².